The number of aryl methyl sites for hydroxylation is 1. The normalized spacial score (nSPS) is 26.8. The standard InChI is InChI=1S/C13H18N4O/c1-11-4-2-6-13(11,10-14)16-12(18)5-9-17-8-3-7-15-17/h3,7-8,11H,2,4-6,9H2,1H3,(H,16,18). The minimum Gasteiger partial charge on any atom is -0.338 e. The highest BCUT2D eigenvalue weighted by Crippen LogP contribution is 2.34. The molecule has 18 heavy (non-hydrogen) atoms. The Kier molecular flexibility index (Phi) is 3.66. The minimum atomic E-state index is -0.652. The van der Waals surface area contributed by atoms with Crippen LogP contribution in [-0.2, 0) is 11.3 Å². The molecule has 96 valence electrons. The van der Waals surface area contributed by atoms with Crippen molar-refractivity contribution in [2.75, 3.05) is 0 Å². The van der Waals surface area contributed by atoms with E-state index >= 15 is 0 Å². The van der Waals surface area contributed by atoms with E-state index in [9.17, 15) is 10.1 Å². The average Bonchev–Trinajstić information content (AvgIpc) is 2.98. The van der Waals surface area contributed by atoms with Crippen LogP contribution in [0.4, 0.5) is 0 Å². The van der Waals surface area contributed by atoms with E-state index < -0.39 is 5.54 Å². The molecule has 1 aromatic rings. The van der Waals surface area contributed by atoms with Gasteiger partial charge in [0.05, 0.1) is 6.07 Å². The number of amides is 1. The molecule has 1 N–H and O–H groups in total. The van der Waals surface area contributed by atoms with Gasteiger partial charge in [-0.3, -0.25) is 9.48 Å². The van der Waals surface area contributed by atoms with Crippen molar-refractivity contribution >= 4 is 5.91 Å². The Morgan fingerprint density at radius 2 is 2.56 bits per heavy atom. The molecule has 0 saturated heterocycles. The maximum absolute atomic E-state index is 11.9. The second-order valence-corrected chi connectivity index (χ2v) is 4.94. The maximum atomic E-state index is 11.9. The van der Waals surface area contributed by atoms with Gasteiger partial charge in [-0.25, -0.2) is 0 Å². The van der Waals surface area contributed by atoms with Crippen LogP contribution < -0.4 is 5.32 Å². The summed E-state index contributed by atoms with van der Waals surface area (Å²) >= 11 is 0. The van der Waals surface area contributed by atoms with Crippen molar-refractivity contribution in [3.05, 3.63) is 18.5 Å². The molecular formula is C13H18N4O. The Bertz CT molecular complexity index is 448. The van der Waals surface area contributed by atoms with Crippen molar-refractivity contribution < 1.29 is 4.79 Å². The van der Waals surface area contributed by atoms with Crippen LogP contribution >= 0.6 is 0 Å². The van der Waals surface area contributed by atoms with Gasteiger partial charge in [0.25, 0.3) is 0 Å². The van der Waals surface area contributed by atoms with Crippen LogP contribution in [0.3, 0.4) is 0 Å². The molecule has 2 atom stereocenters. The van der Waals surface area contributed by atoms with Crippen molar-refractivity contribution in [2.24, 2.45) is 5.92 Å². The Morgan fingerprint density at radius 3 is 3.11 bits per heavy atom. The zero-order valence-electron chi connectivity index (χ0n) is 10.6. The lowest BCUT2D eigenvalue weighted by atomic mass is 9.90. The van der Waals surface area contributed by atoms with E-state index in [0.29, 0.717) is 13.0 Å². The highest BCUT2D eigenvalue weighted by Gasteiger charge is 2.41. The largest absolute Gasteiger partial charge is 0.338 e. The molecule has 2 unspecified atom stereocenters. The highest BCUT2D eigenvalue weighted by molar-refractivity contribution is 5.77. The summed E-state index contributed by atoms with van der Waals surface area (Å²) in [6.07, 6.45) is 6.65. The second kappa shape index (κ2) is 5.21. The van der Waals surface area contributed by atoms with Crippen molar-refractivity contribution in [1.29, 1.82) is 5.26 Å². The molecule has 5 nitrogen and oxygen atoms in total. The molecular weight excluding hydrogens is 228 g/mol. The van der Waals surface area contributed by atoms with E-state index in [0.717, 1.165) is 19.3 Å². The topological polar surface area (TPSA) is 70.7 Å². The van der Waals surface area contributed by atoms with Crippen LogP contribution in [0.15, 0.2) is 18.5 Å². The molecule has 0 aromatic carbocycles. The van der Waals surface area contributed by atoms with Crippen LogP contribution in [0.25, 0.3) is 0 Å². The first kappa shape index (κ1) is 12.6. The van der Waals surface area contributed by atoms with Gasteiger partial charge < -0.3 is 5.32 Å². The summed E-state index contributed by atoms with van der Waals surface area (Å²) in [6.45, 7) is 2.58. The first-order valence-corrected chi connectivity index (χ1v) is 6.36. The number of nitrogens with one attached hydrogen (secondary N) is 1. The number of carbonyl (C=O) groups excluding carboxylic acids is 1. The molecule has 1 saturated carbocycles. The Labute approximate surface area is 107 Å². The maximum Gasteiger partial charge on any atom is 0.223 e. The zero-order chi connectivity index (χ0) is 13.0. The number of aromatic nitrogens is 2. The lowest BCUT2D eigenvalue weighted by Crippen LogP contribution is -2.49. The van der Waals surface area contributed by atoms with Gasteiger partial charge >= 0.3 is 0 Å². The summed E-state index contributed by atoms with van der Waals surface area (Å²) in [5.74, 6) is 0.164. The number of rotatable bonds is 4. The molecule has 0 radical (unpaired) electrons. The number of nitrogens with zero attached hydrogens (tertiary/aromatic N) is 3. The van der Waals surface area contributed by atoms with E-state index in [4.69, 9.17) is 0 Å². The smallest absolute Gasteiger partial charge is 0.223 e. The lowest BCUT2D eigenvalue weighted by Gasteiger charge is -2.27. The lowest BCUT2D eigenvalue weighted by molar-refractivity contribution is -0.123. The summed E-state index contributed by atoms with van der Waals surface area (Å²) in [5.41, 5.74) is -0.652. The summed E-state index contributed by atoms with van der Waals surface area (Å²) in [7, 11) is 0. The van der Waals surface area contributed by atoms with E-state index in [2.05, 4.69) is 16.5 Å². The van der Waals surface area contributed by atoms with Crippen LogP contribution in [0.1, 0.15) is 32.6 Å². The van der Waals surface area contributed by atoms with Gasteiger partial charge in [0, 0.05) is 25.4 Å². The molecule has 1 aliphatic carbocycles. The fraction of sp³-hybridized carbons (Fsp3) is 0.615. The highest BCUT2D eigenvalue weighted by atomic mass is 16.1. The average molecular weight is 246 g/mol. The third kappa shape index (κ3) is 2.53. The molecule has 1 aromatic heterocycles. The predicted molar refractivity (Wildman–Crippen MR) is 66.3 cm³/mol. The van der Waals surface area contributed by atoms with Crippen molar-refractivity contribution in [2.45, 2.75) is 44.7 Å². The molecule has 0 aliphatic heterocycles. The molecule has 1 heterocycles. The molecule has 2 rings (SSSR count). The minimum absolute atomic E-state index is 0.0687. The quantitative estimate of drug-likeness (QED) is 0.874. The molecule has 0 bridgehead atoms. The van der Waals surface area contributed by atoms with Gasteiger partial charge in [-0.1, -0.05) is 6.92 Å². The summed E-state index contributed by atoms with van der Waals surface area (Å²) in [6, 6.07) is 4.12. The van der Waals surface area contributed by atoms with Gasteiger partial charge in [-0.2, -0.15) is 10.4 Å². The third-order valence-electron chi connectivity index (χ3n) is 3.74. The fourth-order valence-electron chi connectivity index (χ4n) is 2.52. The fourth-order valence-corrected chi connectivity index (χ4v) is 2.52. The Balaban J connectivity index is 1.89. The number of hydrogen-bond donors (Lipinski definition) is 1. The Hall–Kier alpha value is -1.83. The molecule has 0 spiro atoms. The zero-order valence-corrected chi connectivity index (χ0v) is 10.6. The van der Waals surface area contributed by atoms with Crippen molar-refractivity contribution in [3.63, 3.8) is 0 Å². The van der Waals surface area contributed by atoms with Crippen LogP contribution in [0, 0.1) is 17.2 Å². The van der Waals surface area contributed by atoms with Crippen molar-refractivity contribution in [3.8, 4) is 6.07 Å². The van der Waals surface area contributed by atoms with Crippen LogP contribution in [-0.4, -0.2) is 21.2 Å². The number of hydrogen-bond acceptors (Lipinski definition) is 3. The van der Waals surface area contributed by atoms with Crippen molar-refractivity contribution in [1.82, 2.24) is 15.1 Å². The number of carbonyl (C=O) groups is 1. The van der Waals surface area contributed by atoms with E-state index in [1.165, 1.54) is 0 Å². The molecule has 1 amide bonds. The van der Waals surface area contributed by atoms with E-state index in [-0.39, 0.29) is 11.8 Å². The van der Waals surface area contributed by atoms with Gasteiger partial charge in [0.2, 0.25) is 5.91 Å². The second-order valence-electron chi connectivity index (χ2n) is 4.94. The molecule has 1 aliphatic rings. The SMILES string of the molecule is CC1CCCC1(C#N)NC(=O)CCn1cccn1. The first-order valence-electron chi connectivity index (χ1n) is 6.36. The van der Waals surface area contributed by atoms with Crippen LogP contribution in [0.2, 0.25) is 0 Å². The van der Waals surface area contributed by atoms with Crippen LogP contribution in [0.5, 0.6) is 0 Å². The number of nitriles is 1. The molecule has 1 fully saturated rings. The van der Waals surface area contributed by atoms with Gasteiger partial charge in [-0.05, 0) is 31.2 Å². The van der Waals surface area contributed by atoms with E-state index in [1.807, 2.05) is 19.2 Å². The van der Waals surface area contributed by atoms with Gasteiger partial charge in [-0.15, -0.1) is 0 Å². The Morgan fingerprint density at radius 1 is 1.72 bits per heavy atom. The third-order valence-corrected chi connectivity index (χ3v) is 3.74. The van der Waals surface area contributed by atoms with E-state index in [1.54, 1.807) is 10.9 Å². The van der Waals surface area contributed by atoms with Gasteiger partial charge in [0.1, 0.15) is 5.54 Å². The van der Waals surface area contributed by atoms with Gasteiger partial charge in [0.15, 0.2) is 0 Å². The predicted octanol–water partition coefficient (Wildman–Crippen LogP) is 1.47. The summed E-state index contributed by atoms with van der Waals surface area (Å²) < 4.78 is 1.72. The molecule has 5 heteroatoms. The summed E-state index contributed by atoms with van der Waals surface area (Å²) in [5, 5.41) is 16.3. The first-order chi connectivity index (χ1) is 8.66. The monoisotopic (exact) mass is 246 g/mol. The summed E-state index contributed by atoms with van der Waals surface area (Å²) in [4.78, 5) is 11.9.